The van der Waals surface area contributed by atoms with Crippen molar-refractivity contribution in [2.45, 2.75) is 58.5 Å². The van der Waals surface area contributed by atoms with Gasteiger partial charge in [-0.3, -0.25) is 9.59 Å². The lowest BCUT2D eigenvalue weighted by atomic mass is 10.1. The molecule has 0 saturated carbocycles. The molecule has 0 fully saturated rings. The van der Waals surface area contributed by atoms with Gasteiger partial charge < -0.3 is 10.1 Å². The largest absolute Gasteiger partial charge is 0.463 e. The van der Waals surface area contributed by atoms with Gasteiger partial charge in [-0.2, -0.15) is 0 Å². The molecule has 0 aliphatic heterocycles. The molecule has 1 aromatic carbocycles. The fourth-order valence-electron chi connectivity index (χ4n) is 2.13. The summed E-state index contributed by atoms with van der Waals surface area (Å²) in [6.07, 6.45) is 4.35. The van der Waals surface area contributed by atoms with Crippen molar-refractivity contribution in [3.8, 4) is 0 Å². The Morgan fingerprint density at radius 1 is 1.05 bits per heavy atom. The minimum absolute atomic E-state index is 0.0605. The highest BCUT2D eigenvalue weighted by Gasteiger charge is 2.06. The number of esters is 1. The lowest BCUT2D eigenvalue weighted by Crippen LogP contribution is -2.25. The lowest BCUT2D eigenvalue weighted by Gasteiger charge is -2.08. The molecule has 0 aliphatic carbocycles. The molecule has 0 heterocycles. The zero-order valence-corrected chi connectivity index (χ0v) is 13.6. The number of ether oxygens (including phenoxy) is 1. The molecule has 4 nitrogen and oxygen atoms in total. The predicted molar refractivity (Wildman–Crippen MR) is 87.5 cm³/mol. The summed E-state index contributed by atoms with van der Waals surface area (Å²) < 4.78 is 5.03. The number of hydrogen-bond donors (Lipinski definition) is 1. The molecular weight excluding hydrogens is 278 g/mol. The fourth-order valence-corrected chi connectivity index (χ4v) is 2.13. The van der Waals surface area contributed by atoms with Gasteiger partial charge in [0.25, 0.3) is 0 Å². The van der Waals surface area contributed by atoms with Crippen molar-refractivity contribution in [3.05, 3.63) is 35.9 Å². The molecule has 1 amide bonds. The zero-order valence-electron chi connectivity index (χ0n) is 13.6. The van der Waals surface area contributed by atoms with Crippen molar-refractivity contribution in [3.63, 3.8) is 0 Å². The molecule has 0 saturated heterocycles. The third kappa shape index (κ3) is 9.16. The van der Waals surface area contributed by atoms with Crippen LogP contribution in [0.3, 0.4) is 0 Å². The van der Waals surface area contributed by atoms with Crippen LogP contribution in [-0.4, -0.2) is 24.5 Å². The first-order valence-corrected chi connectivity index (χ1v) is 8.08. The Labute approximate surface area is 133 Å². The summed E-state index contributed by atoms with van der Waals surface area (Å²) in [6, 6.07) is 10.3. The van der Waals surface area contributed by atoms with Crippen molar-refractivity contribution in [2.24, 2.45) is 0 Å². The molecular formula is C18H27NO3. The number of rotatable bonds is 10. The maximum Gasteiger partial charge on any atom is 0.306 e. The normalized spacial score (nSPS) is 10.5. The van der Waals surface area contributed by atoms with E-state index in [9.17, 15) is 9.59 Å². The molecule has 1 aromatic rings. The van der Waals surface area contributed by atoms with E-state index in [1.54, 1.807) is 0 Å². The second-order valence-corrected chi connectivity index (χ2v) is 5.68. The van der Waals surface area contributed by atoms with E-state index in [1.807, 2.05) is 32.0 Å². The summed E-state index contributed by atoms with van der Waals surface area (Å²) >= 11 is 0. The topological polar surface area (TPSA) is 55.4 Å². The second-order valence-electron chi connectivity index (χ2n) is 5.68. The summed E-state index contributed by atoms with van der Waals surface area (Å²) in [5, 5.41) is 2.84. The van der Waals surface area contributed by atoms with Gasteiger partial charge in [-0.05, 0) is 45.1 Å². The molecule has 4 heteroatoms. The number of amides is 1. The highest BCUT2D eigenvalue weighted by atomic mass is 16.5. The smallest absolute Gasteiger partial charge is 0.306 e. The summed E-state index contributed by atoms with van der Waals surface area (Å²) in [6.45, 7) is 4.19. The summed E-state index contributed by atoms with van der Waals surface area (Å²) in [5.74, 6) is -0.141. The Balaban J connectivity index is 1.98. The highest BCUT2D eigenvalue weighted by molar-refractivity contribution is 5.75. The van der Waals surface area contributed by atoms with Gasteiger partial charge in [-0.25, -0.2) is 0 Å². The molecule has 22 heavy (non-hydrogen) atoms. The van der Waals surface area contributed by atoms with E-state index in [1.165, 1.54) is 5.56 Å². The Kier molecular flexibility index (Phi) is 8.96. The van der Waals surface area contributed by atoms with Crippen molar-refractivity contribution in [1.82, 2.24) is 5.32 Å². The number of benzene rings is 1. The summed E-state index contributed by atoms with van der Waals surface area (Å²) in [5.41, 5.74) is 1.31. The highest BCUT2D eigenvalue weighted by Crippen LogP contribution is 2.06. The first kappa shape index (κ1) is 18.2. The maximum absolute atomic E-state index is 11.6. The van der Waals surface area contributed by atoms with Crippen LogP contribution in [0.1, 0.15) is 51.5 Å². The number of hydrogen-bond acceptors (Lipinski definition) is 3. The van der Waals surface area contributed by atoms with Crippen molar-refractivity contribution in [1.29, 1.82) is 0 Å². The van der Waals surface area contributed by atoms with Crippen LogP contribution in [0.5, 0.6) is 0 Å². The van der Waals surface area contributed by atoms with Crippen LogP contribution in [0.2, 0.25) is 0 Å². The first-order chi connectivity index (χ1) is 10.6. The van der Waals surface area contributed by atoms with Crippen LogP contribution >= 0.6 is 0 Å². The van der Waals surface area contributed by atoms with Gasteiger partial charge >= 0.3 is 5.97 Å². The number of carbonyl (C=O) groups is 2. The SMILES string of the molecule is CC(C)OC(=O)CCCNC(=O)CCCCc1ccccc1. The van der Waals surface area contributed by atoms with Crippen molar-refractivity contribution < 1.29 is 14.3 Å². The zero-order chi connectivity index (χ0) is 16.2. The Morgan fingerprint density at radius 2 is 1.77 bits per heavy atom. The average Bonchev–Trinajstić information content (AvgIpc) is 2.48. The predicted octanol–water partition coefficient (Wildman–Crippen LogP) is 3.25. The quantitative estimate of drug-likeness (QED) is 0.533. The number of nitrogens with one attached hydrogen (secondary N) is 1. The Morgan fingerprint density at radius 3 is 2.45 bits per heavy atom. The molecule has 0 aromatic heterocycles. The minimum Gasteiger partial charge on any atom is -0.463 e. The van der Waals surface area contributed by atoms with Crippen molar-refractivity contribution in [2.75, 3.05) is 6.54 Å². The first-order valence-electron chi connectivity index (χ1n) is 8.08. The van der Waals surface area contributed by atoms with E-state index < -0.39 is 0 Å². The fraction of sp³-hybridized carbons (Fsp3) is 0.556. The molecule has 0 radical (unpaired) electrons. The Hall–Kier alpha value is -1.84. The minimum atomic E-state index is -0.202. The second kappa shape index (κ2) is 10.8. The van der Waals surface area contributed by atoms with Gasteiger partial charge in [0.05, 0.1) is 6.10 Å². The van der Waals surface area contributed by atoms with Gasteiger partial charge in [0.15, 0.2) is 0 Å². The average molecular weight is 305 g/mol. The molecule has 0 aliphatic rings. The van der Waals surface area contributed by atoms with E-state index in [0.29, 0.717) is 25.8 Å². The molecule has 0 spiro atoms. The number of carbonyl (C=O) groups excluding carboxylic acids is 2. The monoisotopic (exact) mass is 305 g/mol. The maximum atomic E-state index is 11.6. The summed E-state index contributed by atoms with van der Waals surface area (Å²) in [7, 11) is 0. The standard InChI is InChI=1S/C18H27NO3/c1-15(2)22-18(21)13-8-14-19-17(20)12-7-6-11-16-9-4-3-5-10-16/h3-5,9-10,15H,6-8,11-14H2,1-2H3,(H,19,20). The van der Waals surface area contributed by atoms with Crippen molar-refractivity contribution >= 4 is 11.9 Å². The van der Waals surface area contributed by atoms with Gasteiger partial charge in [-0.1, -0.05) is 30.3 Å². The van der Waals surface area contributed by atoms with E-state index >= 15 is 0 Å². The molecule has 1 rings (SSSR count). The van der Waals surface area contributed by atoms with Crippen LogP contribution < -0.4 is 5.32 Å². The third-order valence-electron chi connectivity index (χ3n) is 3.21. The van der Waals surface area contributed by atoms with Crippen LogP contribution in [-0.2, 0) is 20.7 Å². The van der Waals surface area contributed by atoms with E-state index in [0.717, 1.165) is 19.3 Å². The number of aryl methyl sites for hydroxylation is 1. The van der Waals surface area contributed by atoms with Gasteiger partial charge in [0, 0.05) is 19.4 Å². The van der Waals surface area contributed by atoms with Crippen LogP contribution in [0.25, 0.3) is 0 Å². The number of unbranched alkanes of at least 4 members (excludes halogenated alkanes) is 1. The Bertz CT molecular complexity index is 443. The molecule has 122 valence electrons. The third-order valence-corrected chi connectivity index (χ3v) is 3.21. The molecule has 0 unspecified atom stereocenters. The molecule has 1 N–H and O–H groups in total. The van der Waals surface area contributed by atoms with Gasteiger partial charge in [-0.15, -0.1) is 0 Å². The molecule has 0 atom stereocenters. The van der Waals surface area contributed by atoms with Gasteiger partial charge in [0.1, 0.15) is 0 Å². The van der Waals surface area contributed by atoms with E-state index in [-0.39, 0.29) is 18.0 Å². The summed E-state index contributed by atoms with van der Waals surface area (Å²) in [4.78, 5) is 23.0. The van der Waals surface area contributed by atoms with Crippen LogP contribution in [0.15, 0.2) is 30.3 Å². The van der Waals surface area contributed by atoms with Crippen LogP contribution in [0, 0.1) is 0 Å². The molecule has 0 bridgehead atoms. The van der Waals surface area contributed by atoms with E-state index in [2.05, 4.69) is 17.4 Å². The van der Waals surface area contributed by atoms with Crippen LogP contribution in [0.4, 0.5) is 0 Å². The van der Waals surface area contributed by atoms with Gasteiger partial charge in [0.2, 0.25) is 5.91 Å². The lowest BCUT2D eigenvalue weighted by molar-refractivity contribution is -0.147. The van der Waals surface area contributed by atoms with E-state index in [4.69, 9.17) is 4.74 Å².